The molecule has 4 heteroatoms. The number of carbonyl (C=O) groups is 1. The Kier molecular flexibility index (Phi) is 5.34. The molecule has 1 saturated carbocycles. The predicted molar refractivity (Wildman–Crippen MR) is 90.9 cm³/mol. The molecule has 1 aliphatic carbocycles. The van der Waals surface area contributed by atoms with Crippen LogP contribution in [0.5, 0.6) is 0 Å². The van der Waals surface area contributed by atoms with E-state index in [1.807, 2.05) is 25.1 Å². The Bertz CT molecular complexity index is 513. The van der Waals surface area contributed by atoms with Crippen molar-refractivity contribution in [3.8, 4) is 0 Å². The molecule has 1 aliphatic heterocycles. The van der Waals surface area contributed by atoms with Crippen LogP contribution in [-0.4, -0.2) is 52.6 Å². The topological polar surface area (TPSA) is 43.8 Å². The number of hydrogen-bond donors (Lipinski definition) is 1. The number of rotatable bonds is 6. The highest BCUT2D eigenvalue weighted by Crippen LogP contribution is 2.29. The second kappa shape index (κ2) is 7.45. The Balaban J connectivity index is 1.58. The Morgan fingerprint density at radius 3 is 2.70 bits per heavy atom. The molecule has 0 aromatic heterocycles. The third-order valence-corrected chi connectivity index (χ3v) is 5.09. The summed E-state index contributed by atoms with van der Waals surface area (Å²) in [5, 5.41) is 9.81. The summed E-state index contributed by atoms with van der Waals surface area (Å²) in [6.07, 6.45) is 4.13. The largest absolute Gasteiger partial charge is 0.393 e. The van der Waals surface area contributed by atoms with Crippen LogP contribution in [0.3, 0.4) is 0 Å². The van der Waals surface area contributed by atoms with Crippen LogP contribution in [0.25, 0.3) is 0 Å². The van der Waals surface area contributed by atoms with Gasteiger partial charge in [-0.1, -0.05) is 30.3 Å². The van der Waals surface area contributed by atoms with Gasteiger partial charge < -0.3 is 10.0 Å². The molecule has 4 nitrogen and oxygen atoms in total. The molecule has 0 radical (unpaired) electrons. The van der Waals surface area contributed by atoms with Crippen LogP contribution in [0.2, 0.25) is 0 Å². The maximum Gasteiger partial charge on any atom is 0.237 e. The van der Waals surface area contributed by atoms with Gasteiger partial charge in [0.2, 0.25) is 5.91 Å². The molecule has 2 aliphatic rings. The highest BCUT2D eigenvalue weighted by Gasteiger charge is 2.34. The van der Waals surface area contributed by atoms with Gasteiger partial charge in [-0.2, -0.15) is 0 Å². The fraction of sp³-hybridized carbons (Fsp3) is 0.632. The highest BCUT2D eigenvalue weighted by molar-refractivity contribution is 5.79. The van der Waals surface area contributed by atoms with Crippen molar-refractivity contribution in [1.82, 2.24) is 9.80 Å². The third-order valence-electron chi connectivity index (χ3n) is 5.09. The van der Waals surface area contributed by atoms with Crippen molar-refractivity contribution in [3.63, 3.8) is 0 Å². The predicted octanol–water partition coefficient (Wildman–Crippen LogP) is 2.27. The van der Waals surface area contributed by atoms with E-state index in [4.69, 9.17) is 0 Å². The van der Waals surface area contributed by atoms with Crippen molar-refractivity contribution in [3.05, 3.63) is 35.9 Å². The van der Waals surface area contributed by atoms with Crippen molar-refractivity contribution in [2.24, 2.45) is 5.92 Å². The SMILES string of the molecule is CC(O)C1CCCN(CC(=O)N(Cc2ccccc2)C2CC2)C1. The van der Waals surface area contributed by atoms with E-state index < -0.39 is 0 Å². The molecule has 1 N–H and O–H groups in total. The first-order chi connectivity index (χ1) is 11.1. The van der Waals surface area contributed by atoms with Crippen molar-refractivity contribution in [2.75, 3.05) is 19.6 Å². The average Bonchev–Trinajstić information content (AvgIpc) is 3.38. The standard InChI is InChI=1S/C19H28N2O2/c1-15(22)17-8-5-11-20(13-17)14-19(23)21(18-9-10-18)12-16-6-3-2-4-7-16/h2-4,6-7,15,17-18,22H,5,8-14H2,1H3. The molecule has 2 fully saturated rings. The van der Waals surface area contributed by atoms with Crippen molar-refractivity contribution in [1.29, 1.82) is 0 Å². The molecule has 2 atom stereocenters. The van der Waals surface area contributed by atoms with E-state index >= 15 is 0 Å². The molecule has 1 heterocycles. The summed E-state index contributed by atoms with van der Waals surface area (Å²) in [6.45, 7) is 4.89. The molecule has 1 saturated heterocycles. The van der Waals surface area contributed by atoms with E-state index in [2.05, 4.69) is 21.9 Å². The number of nitrogens with zero attached hydrogens (tertiary/aromatic N) is 2. The number of piperidine rings is 1. The number of hydrogen-bond acceptors (Lipinski definition) is 3. The summed E-state index contributed by atoms with van der Waals surface area (Å²) >= 11 is 0. The molecule has 0 spiro atoms. The monoisotopic (exact) mass is 316 g/mol. The van der Waals surface area contributed by atoms with Crippen LogP contribution in [0, 0.1) is 5.92 Å². The average molecular weight is 316 g/mol. The maximum atomic E-state index is 12.8. The number of aliphatic hydroxyl groups is 1. The second-order valence-electron chi connectivity index (χ2n) is 7.12. The lowest BCUT2D eigenvalue weighted by molar-refractivity contribution is -0.134. The number of aliphatic hydroxyl groups excluding tert-OH is 1. The van der Waals surface area contributed by atoms with Gasteiger partial charge in [0, 0.05) is 19.1 Å². The molecule has 1 amide bonds. The minimum atomic E-state index is -0.281. The van der Waals surface area contributed by atoms with Crippen molar-refractivity contribution < 1.29 is 9.90 Å². The normalized spacial score (nSPS) is 23.5. The summed E-state index contributed by atoms with van der Waals surface area (Å²) in [5.41, 5.74) is 1.20. The number of likely N-dealkylation sites (tertiary alicyclic amines) is 1. The molecule has 1 aromatic rings. The van der Waals surface area contributed by atoms with Crippen LogP contribution < -0.4 is 0 Å². The summed E-state index contributed by atoms with van der Waals surface area (Å²) in [7, 11) is 0. The van der Waals surface area contributed by atoms with Gasteiger partial charge in [-0.15, -0.1) is 0 Å². The summed E-state index contributed by atoms with van der Waals surface area (Å²) in [4.78, 5) is 17.1. The third kappa shape index (κ3) is 4.55. The molecule has 0 bridgehead atoms. The molecule has 126 valence electrons. The van der Waals surface area contributed by atoms with Crippen molar-refractivity contribution >= 4 is 5.91 Å². The summed E-state index contributed by atoms with van der Waals surface area (Å²) < 4.78 is 0. The zero-order valence-corrected chi connectivity index (χ0v) is 14.0. The molecular weight excluding hydrogens is 288 g/mol. The number of amides is 1. The van der Waals surface area contributed by atoms with Gasteiger partial charge in [0.25, 0.3) is 0 Å². The van der Waals surface area contributed by atoms with Gasteiger partial charge in [-0.05, 0) is 50.6 Å². The van der Waals surface area contributed by atoms with E-state index in [9.17, 15) is 9.90 Å². The molecule has 1 aromatic carbocycles. The van der Waals surface area contributed by atoms with Gasteiger partial charge >= 0.3 is 0 Å². The molecule has 3 rings (SSSR count). The molecular formula is C19H28N2O2. The van der Waals surface area contributed by atoms with E-state index in [1.54, 1.807) is 0 Å². The van der Waals surface area contributed by atoms with Crippen LogP contribution in [0.4, 0.5) is 0 Å². The smallest absolute Gasteiger partial charge is 0.237 e. The molecule has 23 heavy (non-hydrogen) atoms. The van der Waals surface area contributed by atoms with Gasteiger partial charge in [0.15, 0.2) is 0 Å². The Morgan fingerprint density at radius 1 is 1.30 bits per heavy atom. The van der Waals surface area contributed by atoms with Crippen LogP contribution >= 0.6 is 0 Å². The van der Waals surface area contributed by atoms with E-state index in [1.165, 1.54) is 5.56 Å². The fourth-order valence-corrected chi connectivity index (χ4v) is 3.50. The lowest BCUT2D eigenvalue weighted by atomic mass is 9.93. The zero-order valence-electron chi connectivity index (χ0n) is 14.0. The van der Waals surface area contributed by atoms with Gasteiger partial charge in [-0.25, -0.2) is 0 Å². The first-order valence-electron chi connectivity index (χ1n) is 8.87. The lowest BCUT2D eigenvalue weighted by Gasteiger charge is -2.35. The Morgan fingerprint density at radius 2 is 2.04 bits per heavy atom. The summed E-state index contributed by atoms with van der Waals surface area (Å²) in [5.74, 6) is 0.544. The minimum absolute atomic E-state index is 0.239. The van der Waals surface area contributed by atoms with E-state index in [-0.39, 0.29) is 12.0 Å². The van der Waals surface area contributed by atoms with E-state index in [0.717, 1.165) is 45.3 Å². The first kappa shape index (κ1) is 16.5. The Hall–Kier alpha value is -1.39. The van der Waals surface area contributed by atoms with Crippen LogP contribution in [0.1, 0.15) is 38.2 Å². The minimum Gasteiger partial charge on any atom is -0.393 e. The lowest BCUT2D eigenvalue weighted by Crippen LogP contribution is -2.46. The van der Waals surface area contributed by atoms with E-state index in [0.29, 0.717) is 18.5 Å². The van der Waals surface area contributed by atoms with Crippen molar-refractivity contribution in [2.45, 2.75) is 51.3 Å². The molecule has 2 unspecified atom stereocenters. The highest BCUT2D eigenvalue weighted by atomic mass is 16.3. The van der Waals surface area contributed by atoms with Gasteiger partial charge in [0.05, 0.1) is 12.6 Å². The number of carbonyl (C=O) groups excluding carboxylic acids is 1. The first-order valence-corrected chi connectivity index (χ1v) is 8.87. The Labute approximate surface area is 139 Å². The maximum absolute atomic E-state index is 12.8. The summed E-state index contributed by atoms with van der Waals surface area (Å²) in [6, 6.07) is 10.7. The van der Waals surface area contributed by atoms with Gasteiger partial charge in [-0.3, -0.25) is 9.69 Å². The zero-order chi connectivity index (χ0) is 16.2. The van der Waals surface area contributed by atoms with Crippen LogP contribution in [-0.2, 0) is 11.3 Å². The van der Waals surface area contributed by atoms with Gasteiger partial charge in [0.1, 0.15) is 0 Å². The fourth-order valence-electron chi connectivity index (χ4n) is 3.50. The quantitative estimate of drug-likeness (QED) is 0.875. The second-order valence-corrected chi connectivity index (χ2v) is 7.12. The number of benzene rings is 1. The van der Waals surface area contributed by atoms with Crippen LogP contribution in [0.15, 0.2) is 30.3 Å².